The third kappa shape index (κ3) is 4.10. The van der Waals surface area contributed by atoms with E-state index >= 15 is 4.39 Å². The Morgan fingerprint density at radius 2 is 2.09 bits per heavy atom. The minimum absolute atomic E-state index is 0.143. The summed E-state index contributed by atoms with van der Waals surface area (Å²) in [7, 11) is -1.41. The van der Waals surface area contributed by atoms with Crippen molar-refractivity contribution >= 4 is 26.5 Å². The number of hydrogen-bond acceptors (Lipinski definition) is 8. The Balaban J connectivity index is 1.80. The summed E-state index contributed by atoms with van der Waals surface area (Å²) in [6, 6.07) is 7.13. The van der Waals surface area contributed by atoms with Gasteiger partial charge in [-0.3, -0.25) is 0 Å². The fourth-order valence-electron chi connectivity index (χ4n) is 3.42. The van der Waals surface area contributed by atoms with Crippen molar-refractivity contribution in [3.05, 3.63) is 58.9 Å². The Hall–Kier alpha value is -2.89. The van der Waals surface area contributed by atoms with Crippen LogP contribution in [0.1, 0.15) is 23.7 Å². The van der Waals surface area contributed by atoms with Crippen LogP contribution >= 0.6 is 11.3 Å². The van der Waals surface area contributed by atoms with Gasteiger partial charge in [-0.2, -0.15) is 0 Å². The minimum atomic E-state index is -4.39. The van der Waals surface area contributed by atoms with Gasteiger partial charge in [-0.1, -0.05) is 0 Å². The summed E-state index contributed by atoms with van der Waals surface area (Å²) in [6.45, 7) is 0.0571. The number of aromatic nitrogens is 1. The first kappa shape index (κ1) is 22.3. The van der Waals surface area contributed by atoms with Crippen LogP contribution < -0.4 is 18.5 Å². The monoisotopic (exact) mass is 480 g/mol. The number of hydrogen-bond donors (Lipinski definition) is 1. The second-order valence-electron chi connectivity index (χ2n) is 6.98. The predicted octanol–water partition coefficient (Wildman–Crippen LogP) is 3.51. The van der Waals surface area contributed by atoms with Crippen LogP contribution in [0.5, 0.6) is 17.2 Å². The molecular weight excluding hydrogens is 459 g/mol. The molecule has 4 rings (SSSR count). The minimum Gasteiger partial charge on any atom is -0.497 e. The van der Waals surface area contributed by atoms with Gasteiger partial charge in [0.1, 0.15) is 28.0 Å². The molecular formula is C21H21FN2O6S2. The van der Waals surface area contributed by atoms with Crippen LogP contribution in [0.15, 0.2) is 46.8 Å². The molecule has 0 aliphatic carbocycles. The number of rotatable bonds is 7. The molecule has 0 bridgehead atoms. The van der Waals surface area contributed by atoms with E-state index in [1.54, 1.807) is 23.6 Å². The number of sulfonamides is 1. The maximum atomic E-state index is 15.0. The molecule has 2 heterocycles. The first-order valence-corrected chi connectivity index (χ1v) is 11.9. The first-order valence-electron chi connectivity index (χ1n) is 9.62. The molecule has 170 valence electrons. The third-order valence-electron chi connectivity index (χ3n) is 5.08. The molecule has 32 heavy (non-hydrogen) atoms. The highest BCUT2D eigenvalue weighted by Gasteiger charge is 2.33. The van der Waals surface area contributed by atoms with Gasteiger partial charge < -0.3 is 19.3 Å². The van der Waals surface area contributed by atoms with E-state index in [-0.39, 0.29) is 29.6 Å². The lowest BCUT2D eigenvalue weighted by Crippen LogP contribution is -2.31. The zero-order valence-corrected chi connectivity index (χ0v) is 19.0. The van der Waals surface area contributed by atoms with Gasteiger partial charge in [0.25, 0.3) is 10.0 Å². The van der Waals surface area contributed by atoms with Crippen LogP contribution in [0.3, 0.4) is 0 Å². The van der Waals surface area contributed by atoms with Gasteiger partial charge in [-0.15, -0.1) is 11.3 Å². The Morgan fingerprint density at radius 1 is 1.28 bits per heavy atom. The summed E-state index contributed by atoms with van der Waals surface area (Å²) < 4.78 is 59.3. The number of halogens is 1. The maximum Gasteiger partial charge on any atom is 0.269 e. The molecule has 0 fully saturated rings. The number of thiazole rings is 1. The first-order chi connectivity index (χ1) is 15.3. The second-order valence-corrected chi connectivity index (χ2v) is 9.68. The van der Waals surface area contributed by atoms with Gasteiger partial charge in [-0.05, 0) is 18.2 Å². The molecule has 2 aromatic carbocycles. The summed E-state index contributed by atoms with van der Waals surface area (Å²) in [5, 5.41) is 11.9. The van der Waals surface area contributed by atoms with E-state index < -0.39 is 26.8 Å². The molecule has 11 heteroatoms. The zero-order chi connectivity index (χ0) is 22.9. The Kier molecular flexibility index (Phi) is 6.22. The number of aliphatic hydroxyl groups excluding tert-OH is 1. The van der Waals surface area contributed by atoms with Gasteiger partial charge in [-0.25, -0.2) is 22.1 Å². The number of methoxy groups -OCH3 is 2. The van der Waals surface area contributed by atoms with E-state index in [4.69, 9.17) is 14.2 Å². The molecule has 3 aromatic rings. The van der Waals surface area contributed by atoms with Crippen molar-refractivity contribution in [2.45, 2.75) is 24.0 Å². The van der Waals surface area contributed by atoms with Gasteiger partial charge in [0.05, 0.1) is 33.5 Å². The lowest BCUT2D eigenvalue weighted by Gasteiger charge is -2.26. The van der Waals surface area contributed by atoms with Crippen LogP contribution in [0, 0.1) is 5.82 Å². The number of anilines is 1. The fourth-order valence-corrected chi connectivity index (χ4v) is 5.75. The standard InChI is InChI=1S/C21H21FN2O6S2/c1-28-14-4-3-13(18(9-14)29-2)12-24(21-23-6-8-31-21)32(26,27)20-11-19-15(10-16(20)22)17(25)5-7-30-19/h3-4,6,8-11,17,25H,5,7,12H2,1-2H3/t17-/m1/s1. The largest absolute Gasteiger partial charge is 0.497 e. The van der Waals surface area contributed by atoms with Crippen LogP contribution in [0.25, 0.3) is 0 Å². The van der Waals surface area contributed by atoms with Gasteiger partial charge >= 0.3 is 0 Å². The van der Waals surface area contributed by atoms with Crippen molar-refractivity contribution in [2.24, 2.45) is 0 Å². The van der Waals surface area contributed by atoms with Crippen molar-refractivity contribution in [3.63, 3.8) is 0 Å². The maximum absolute atomic E-state index is 15.0. The highest BCUT2D eigenvalue weighted by Crippen LogP contribution is 2.38. The topological polar surface area (TPSA) is 98.2 Å². The molecule has 0 spiro atoms. The van der Waals surface area contributed by atoms with Gasteiger partial charge in [0.2, 0.25) is 0 Å². The van der Waals surface area contributed by atoms with Crippen molar-refractivity contribution < 1.29 is 32.1 Å². The van der Waals surface area contributed by atoms with Crippen molar-refractivity contribution in [2.75, 3.05) is 25.1 Å². The number of nitrogens with zero attached hydrogens (tertiary/aromatic N) is 2. The van der Waals surface area contributed by atoms with E-state index in [1.165, 1.54) is 20.4 Å². The van der Waals surface area contributed by atoms with Crippen molar-refractivity contribution in [3.8, 4) is 17.2 Å². The molecule has 0 unspecified atom stereocenters. The summed E-state index contributed by atoms with van der Waals surface area (Å²) in [6.07, 6.45) is 0.862. The Morgan fingerprint density at radius 3 is 2.78 bits per heavy atom. The normalized spacial score (nSPS) is 15.6. The van der Waals surface area contributed by atoms with E-state index in [2.05, 4.69) is 4.98 Å². The van der Waals surface area contributed by atoms with Crippen molar-refractivity contribution in [1.29, 1.82) is 0 Å². The predicted molar refractivity (Wildman–Crippen MR) is 117 cm³/mol. The Labute approximate surface area is 188 Å². The molecule has 8 nitrogen and oxygen atoms in total. The summed E-state index contributed by atoms with van der Waals surface area (Å²) >= 11 is 1.10. The lowest BCUT2D eigenvalue weighted by molar-refractivity contribution is 0.114. The van der Waals surface area contributed by atoms with E-state index in [9.17, 15) is 13.5 Å². The number of aliphatic hydroxyl groups is 1. The van der Waals surface area contributed by atoms with E-state index in [1.807, 2.05) is 0 Å². The Bertz CT molecular complexity index is 1220. The fraction of sp³-hybridized carbons (Fsp3) is 0.286. The molecule has 1 N–H and O–H groups in total. The highest BCUT2D eigenvalue weighted by atomic mass is 32.2. The molecule has 1 aliphatic rings. The lowest BCUT2D eigenvalue weighted by atomic mass is 10.0. The SMILES string of the molecule is COc1ccc(CN(c2nccs2)S(=O)(=O)c2cc3c(cc2F)[C@H](O)CCO3)c(OC)c1. The summed E-state index contributed by atoms with van der Waals surface area (Å²) in [4.78, 5) is 3.57. The van der Waals surface area contributed by atoms with Gasteiger partial charge in [0.15, 0.2) is 5.13 Å². The average Bonchev–Trinajstić information content (AvgIpc) is 3.31. The smallest absolute Gasteiger partial charge is 0.269 e. The second kappa shape index (κ2) is 8.93. The zero-order valence-electron chi connectivity index (χ0n) is 17.3. The molecule has 0 radical (unpaired) electrons. The molecule has 0 amide bonds. The highest BCUT2D eigenvalue weighted by molar-refractivity contribution is 7.93. The van der Waals surface area contributed by atoms with Gasteiger partial charge in [0, 0.05) is 41.3 Å². The third-order valence-corrected chi connectivity index (χ3v) is 7.74. The average molecular weight is 481 g/mol. The van der Waals surface area contributed by atoms with E-state index in [0.717, 1.165) is 27.8 Å². The summed E-state index contributed by atoms with van der Waals surface area (Å²) in [5.41, 5.74) is 0.766. The van der Waals surface area contributed by atoms with Crippen LogP contribution in [0.2, 0.25) is 0 Å². The molecule has 0 saturated carbocycles. The summed E-state index contributed by atoms with van der Waals surface area (Å²) in [5.74, 6) is 0.130. The van der Waals surface area contributed by atoms with Crippen LogP contribution in [-0.2, 0) is 16.6 Å². The molecule has 0 saturated heterocycles. The number of ether oxygens (including phenoxy) is 3. The number of fused-ring (bicyclic) bond motifs is 1. The van der Waals surface area contributed by atoms with Crippen molar-refractivity contribution in [1.82, 2.24) is 4.98 Å². The molecule has 1 aromatic heterocycles. The van der Waals surface area contributed by atoms with Crippen LogP contribution in [0.4, 0.5) is 9.52 Å². The quantitative estimate of drug-likeness (QED) is 0.553. The molecule has 1 atom stereocenters. The number of benzene rings is 2. The van der Waals surface area contributed by atoms with Crippen LogP contribution in [-0.4, -0.2) is 39.3 Å². The molecule has 1 aliphatic heterocycles. The van der Waals surface area contributed by atoms with E-state index in [0.29, 0.717) is 23.5 Å².